The lowest BCUT2D eigenvalue weighted by molar-refractivity contribution is -0.140. The van der Waals surface area contributed by atoms with Crippen LogP contribution in [0.3, 0.4) is 0 Å². The number of amides is 2. The Bertz CT molecular complexity index is 848. The van der Waals surface area contributed by atoms with E-state index in [1.807, 2.05) is 25.1 Å². The standard InChI is InChI=1S/C22H27ClN4O3.HI/c1-2-24-22(26-10-12-30-17-6-4-3-5-16(17)23)25-9-11-27-20(28)18-14-7-8-15(13-14)19(18)21(27)29;/h3-8,14-15,18-19H,2,9-13H2,1H3,(H2,24,25,26);1H. The van der Waals surface area contributed by atoms with Crippen molar-refractivity contribution >= 4 is 53.4 Å². The maximum absolute atomic E-state index is 12.7. The Balaban J connectivity index is 0.00000272. The molecule has 0 aromatic heterocycles. The largest absolute Gasteiger partial charge is 0.490 e. The molecule has 9 heteroatoms. The molecule has 2 amide bonds. The van der Waals surface area contributed by atoms with Crippen molar-refractivity contribution in [3.05, 3.63) is 41.4 Å². The van der Waals surface area contributed by atoms with E-state index in [-0.39, 0.29) is 59.5 Å². The molecule has 31 heavy (non-hydrogen) atoms. The number of hydrogen-bond acceptors (Lipinski definition) is 4. The normalized spacial score (nSPS) is 26.1. The van der Waals surface area contributed by atoms with E-state index >= 15 is 0 Å². The zero-order chi connectivity index (χ0) is 21.1. The summed E-state index contributed by atoms with van der Waals surface area (Å²) in [4.78, 5) is 31.4. The Morgan fingerprint density at radius 1 is 1.16 bits per heavy atom. The van der Waals surface area contributed by atoms with E-state index in [1.54, 1.807) is 6.07 Å². The van der Waals surface area contributed by atoms with E-state index < -0.39 is 0 Å². The number of ether oxygens (including phenoxy) is 1. The predicted molar refractivity (Wildman–Crippen MR) is 131 cm³/mol. The summed E-state index contributed by atoms with van der Waals surface area (Å²) >= 11 is 6.08. The number of carbonyl (C=O) groups is 2. The summed E-state index contributed by atoms with van der Waals surface area (Å²) in [6.45, 7) is 4.33. The summed E-state index contributed by atoms with van der Waals surface area (Å²) in [6.07, 6.45) is 5.16. The summed E-state index contributed by atoms with van der Waals surface area (Å²) in [6, 6.07) is 7.33. The highest BCUT2D eigenvalue weighted by Gasteiger charge is 2.58. The number of imide groups is 1. The quantitative estimate of drug-likeness (QED) is 0.128. The van der Waals surface area contributed by atoms with Crippen LogP contribution in [0.1, 0.15) is 13.3 Å². The van der Waals surface area contributed by atoms with Crippen molar-refractivity contribution in [2.24, 2.45) is 28.7 Å². The maximum atomic E-state index is 12.7. The van der Waals surface area contributed by atoms with Crippen molar-refractivity contribution in [3.63, 3.8) is 0 Å². The van der Waals surface area contributed by atoms with E-state index in [0.717, 1.165) is 6.42 Å². The lowest BCUT2D eigenvalue weighted by atomic mass is 9.85. The van der Waals surface area contributed by atoms with Gasteiger partial charge in [0.15, 0.2) is 5.96 Å². The summed E-state index contributed by atoms with van der Waals surface area (Å²) in [5.74, 6) is 1.40. The fourth-order valence-corrected chi connectivity index (χ4v) is 4.87. The van der Waals surface area contributed by atoms with Crippen LogP contribution in [0.4, 0.5) is 0 Å². The van der Waals surface area contributed by atoms with Crippen molar-refractivity contribution in [1.29, 1.82) is 0 Å². The molecule has 3 aliphatic rings. The molecule has 2 aliphatic carbocycles. The molecule has 1 heterocycles. The molecule has 4 atom stereocenters. The third-order valence-electron chi connectivity index (χ3n) is 5.99. The SMILES string of the molecule is CCNC(=NCCN1C(=O)C2C3C=CC(C3)C2C1=O)NCCOc1ccccc1Cl.I. The van der Waals surface area contributed by atoms with Gasteiger partial charge in [0.1, 0.15) is 12.4 Å². The van der Waals surface area contributed by atoms with Crippen LogP contribution in [-0.4, -0.2) is 55.5 Å². The first-order valence-electron chi connectivity index (χ1n) is 10.5. The van der Waals surface area contributed by atoms with Crippen molar-refractivity contribution in [1.82, 2.24) is 15.5 Å². The number of allylic oxidation sites excluding steroid dienone is 2. The Morgan fingerprint density at radius 3 is 2.48 bits per heavy atom. The second-order valence-corrected chi connectivity index (χ2v) is 8.20. The lowest BCUT2D eigenvalue weighted by Gasteiger charge is -2.17. The Hall–Kier alpha value is -1.81. The van der Waals surface area contributed by atoms with Gasteiger partial charge in [-0.25, -0.2) is 0 Å². The third-order valence-corrected chi connectivity index (χ3v) is 6.30. The van der Waals surface area contributed by atoms with Crippen LogP contribution in [0, 0.1) is 23.7 Å². The van der Waals surface area contributed by atoms with Crippen molar-refractivity contribution in [2.75, 3.05) is 32.8 Å². The summed E-state index contributed by atoms with van der Waals surface area (Å²) < 4.78 is 5.67. The van der Waals surface area contributed by atoms with Crippen LogP contribution in [-0.2, 0) is 9.59 Å². The van der Waals surface area contributed by atoms with E-state index in [4.69, 9.17) is 16.3 Å². The van der Waals surface area contributed by atoms with Gasteiger partial charge < -0.3 is 15.4 Å². The molecule has 0 radical (unpaired) electrons. The summed E-state index contributed by atoms with van der Waals surface area (Å²) in [5.41, 5.74) is 0. The van der Waals surface area contributed by atoms with Gasteiger partial charge in [-0.3, -0.25) is 19.5 Å². The molecule has 1 aromatic carbocycles. The number of hydrogen-bond donors (Lipinski definition) is 2. The highest BCUT2D eigenvalue weighted by atomic mass is 127. The minimum absolute atomic E-state index is 0. The van der Waals surface area contributed by atoms with Crippen molar-refractivity contribution in [2.45, 2.75) is 13.3 Å². The van der Waals surface area contributed by atoms with E-state index in [2.05, 4.69) is 27.8 Å². The minimum atomic E-state index is -0.148. The lowest BCUT2D eigenvalue weighted by Crippen LogP contribution is -2.40. The molecule has 7 nitrogen and oxygen atoms in total. The Labute approximate surface area is 204 Å². The second kappa shape index (κ2) is 10.7. The van der Waals surface area contributed by atoms with Gasteiger partial charge in [0.25, 0.3) is 0 Å². The highest BCUT2D eigenvalue weighted by molar-refractivity contribution is 14.0. The van der Waals surface area contributed by atoms with Gasteiger partial charge >= 0.3 is 0 Å². The first-order valence-corrected chi connectivity index (χ1v) is 10.9. The average Bonchev–Trinajstić information content (AvgIpc) is 3.42. The number of halogens is 2. The molecule has 1 saturated heterocycles. The van der Waals surface area contributed by atoms with Crippen LogP contribution in [0.15, 0.2) is 41.4 Å². The number of nitrogens with one attached hydrogen (secondary N) is 2. The topological polar surface area (TPSA) is 83.0 Å². The monoisotopic (exact) mass is 558 g/mol. The molecule has 2 N–H and O–H groups in total. The van der Waals surface area contributed by atoms with E-state index in [1.165, 1.54) is 4.90 Å². The van der Waals surface area contributed by atoms with Gasteiger partial charge in [-0.05, 0) is 37.3 Å². The van der Waals surface area contributed by atoms with E-state index in [0.29, 0.717) is 49.5 Å². The Morgan fingerprint density at radius 2 is 1.84 bits per heavy atom. The number of benzene rings is 1. The van der Waals surface area contributed by atoms with Gasteiger partial charge in [-0.1, -0.05) is 35.9 Å². The fourth-order valence-electron chi connectivity index (χ4n) is 4.68. The zero-order valence-electron chi connectivity index (χ0n) is 17.4. The zero-order valence-corrected chi connectivity index (χ0v) is 20.5. The number of guanidine groups is 1. The van der Waals surface area contributed by atoms with Crippen LogP contribution in [0.25, 0.3) is 0 Å². The number of likely N-dealkylation sites (tertiary alicyclic amines) is 1. The van der Waals surface area contributed by atoms with Gasteiger partial charge in [0, 0.05) is 13.1 Å². The van der Waals surface area contributed by atoms with Crippen LogP contribution >= 0.6 is 35.6 Å². The van der Waals surface area contributed by atoms with Crippen LogP contribution in [0.5, 0.6) is 5.75 Å². The number of carbonyl (C=O) groups excluding carboxylic acids is 2. The first-order chi connectivity index (χ1) is 14.6. The maximum Gasteiger partial charge on any atom is 0.233 e. The van der Waals surface area contributed by atoms with Crippen molar-refractivity contribution in [3.8, 4) is 5.75 Å². The van der Waals surface area contributed by atoms with Crippen LogP contribution < -0.4 is 15.4 Å². The molecule has 4 unspecified atom stereocenters. The smallest absolute Gasteiger partial charge is 0.233 e. The van der Waals surface area contributed by atoms with Crippen LogP contribution in [0.2, 0.25) is 5.02 Å². The molecule has 2 bridgehead atoms. The molecule has 1 aromatic rings. The van der Waals surface area contributed by atoms with Gasteiger partial charge in [0.2, 0.25) is 11.8 Å². The van der Waals surface area contributed by atoms with Gasteiger partial charge in [-0.2, -0.15) is 0 Å². The number of nitrogens with zero attached hydrogens (tertiary/aromatic N) is 2. The molecule has 0 spiro atoms. The number of para-hydroxylation sites is 1. The molecular formula is C22H28ClIN4O3. The molecule has 4 rings (SSSR count). The predicted octanol–water partition coefficient (Wildman–Crippen LogP) is 2.70. The molecular weight excluding hydrogens is 531 g/mol. The molecule has 168 valence electrons. The highest BCUT2D eigenvalue weighted by Crippen LogP contribution is 2.52. The van der Waals surface area contributed by atoms with E-state index in [9.17, 15) is 9.59 Å². The molecule has 1 saturated carbocycles. The third kappa shape index (κ3) is 5.00. The molecule has 1 aliphatic heterocycles. The number of fused-ring (bicyclic) bond motifs is 5. The first kappa shape index (κ1) is 23.8. The van der Waals surface area contributed by atoms with Crippen molar-refractivity contribution < 1.29 is 14.3 Å². The number of rotatable bonds is 8. The average molecular weight is 559 g/mol. The second-order valence-electron chi connectivity index (χ2n) is 7.79. The summed E-state index contributed by atoms with van der Waals surface area (Å²) in [7, 11) is 0. The van der Waals surface area contributed by atoms with Gasteiger partial charge in [0.05, 0.1) is 29.9 Å². The van der Waals surface area contributed by atoms with Gasteiger partial charge in [-0.15, -0.1) is 24.0 Å². The Kier molecular flexibility index (Phi) is 8.21. The summed E-state index contributed by atoms with van der Waals surface area (Å²) in [5, 5.41) is 6.93. The minimum Gasteiger partial charge on any atom is -0.490 e. The molecule has 2 fully saturated rings. The fraction of sp³-hybridized carbons (Fsp3) is 0.500. The number of aliphatic imine (C=N–C) groups is 1.